The first kappa shape index (κ1) is 70.4. The van der Waals surface area contributed by atoms with Crippen molar-refractivity contribution in [2.75, 3.05) is 34.2 Å². The molecule has 101 heavy (non-hydrogen) atoms. The number of nitrogens with two attached hydrogens (primary N) is 1. The zero-order chi connectivity index (χ0) is 71.8. The van der Waals surface area contributed by atoms with Gasteiger partial charge in [-0.3, -0.25) is 24.4 Å². The van der Waals surface area contributed by atoms with E-state index in [1.54, 1.807) is 48.3 Å². The van der Waals surface area contributed by atoms with E-state index in [2.05, 4.69) is 35.2 Å². The van der Waals surface area contributed by atoms with Gasteiger partial charge < -0.3 is 39.8 Å². The van der Waals surface area contributed by atoms with Gasteiger partial charge in [-0.25, -0.2) is 59.4 Å². The lowest BCUT2D eigenvalue weighted by atomic mass is 9.98. The first-order valence-electron chi connectivity index (χ1n) is 30.6. The van der Waals surface area contributed by atoms with E-state index >= 15 is 0 Å². The molecule has 3 aliphatic heterocycles. The maximum absolute atomic E-state index is 14.6. The van der Waals surface area contributed by atoms with Crippen molar-refractivity contribution in [3.05, 3.63) is 289 Å². The average Bonchev–Trinajstić information content (AvgIpc) is 1.67. The van der Waals surface area contributed by atoms with E-state index in [0.29, 0.717) is 79.5 Å². The molecule has 27 heteroatoms. The van der Waals surface area contributed by atoms with Crippen LogP contribution in [0.1, 0.15) is 81.8 Å². The van der Waals surface area contributed by atoms with E-state index < -0.39 is 46.5 Å². The molecule has 0 atom stereocenters. The van der Waals surface area contributed by atoms with Gasteiger partial charge in [-0.2, -0.15) is 0 Å². The summed E-state index contributed by atoms with van der Waals surface area (Å²) in [7, 11) is 6.17. The van der Waals surface area contributed by atoms with Crippen LogP contribution in [-0.4, -0.2) is 85.9 Å². The van der Waals surface area contributed by atoms with Crippen LogP contribution in [0.4, 0.5) is 45.3 Å². The molecule has 0 saturated carbocycles. The zero-order valence-corrected chi connectivity index (χ0v) is 54.6. The Morgan fingerprint density at radius 3 is 1.23 bits per heavy atom. The van der Waals surface area contributed by atoms with E-state index in [1.807, 2.05) is 12.1 Å². The third-order valence-corrected chi connectivity index (χ3v) is 16.5. The van der Waals surface area contributed by atoms with Gasteiger partial charge in [0.2, 0.25) is 0 Å². The molecule has 9 heterocycles. The monoisotopic (exact) mass is 1400 g/mol. The van der Waals surface area contributed by atoms with Gasteiger partial charge >= 0.3 is 0 Å². The number of nitrogen functional groups attached to an aromatic ring is 1. The molecule has 0 saturated heterocycles. The highest BCUT2D eigenvalue weighted by molar-refractivity contribution is 6.34. The van der Waals surface area contributed by atoms with Crippen molar-refractivity contribution in [3.63, 3.8) is 0 Å². The lowest BCUT2D eigenvalue weighted by Crippen LogP contribution is -2.24. The summed E-state index contributed by atoms with van der Waals surface area (Å²) in [5.41, 5.74) is 10.3. The van der Waals surface area contributed by atoms with Crippen LogP contribution in [0.15, 0.2) is 164 Å². The van der Waals surface area contributed by atoms with Gasteiger partial charge in [0, 0.05) is 47.5 Å². The number of nitrogens with one attached hydrogen (secondary N) is 1. The van der Waals surface area contributed by atoms with Crippen LogP contribution in [-0.2, 0) is 45.6 Å². The number of nitrogens with zero attached hydrogens (tertiary/aromatic N) is 8. The van der Waals surface area contributed by atoms with Crippen LogP contribution in [0.5, 0.6) is 23.0 Å². The topological polar surface area (TPSA) is 210 Å². The van der Waals surface area contributed by atoms with Crippen LogP contribution in [0.3, 0.4) is 0 Å². The molecule has 11 aromatic rings. The number of rotatable bonds is 15. The van der Waals surface area contributed by atoms with Gasteiger partial charge in [0.1, 0.15) is 81.2 Å². The van der Waals surface area contributed by atoms with Crippen molar-refractivity contribution in [1.82, 2.24) is 45.0 Å². The number of carbonyl (C=O) groups is 3. The Bertz CT molecular complexity index is 4890. The number of amides is 3. The molecule has 0 aliphatic carbocycles. The van der Waals surface area contributed by atoms with Crippen LogP contribution in [0.25, 0.3) is 33.8 Å². The van der Waals surface area contributed by atoms with Crippen molar-refractivity contribution < 1.29 is 72.8 Å². The number of halogens is 10. The van der Waals surface area contributed by atoms with E-state index in [1.165, 1.54) is 87.0 Å². The Morgan fingerprint density at radius 2 is 0.832 bits per heavy atom. The number of hydrogen-bond donors (Lipinski definition) is 2. The van der Waals surface area contributed by atoms with Crippen molar-refractivity contribution in [2.45, 2.75) is 45.6 Å². The van der Waals surface area contributed by atoms with Gasteiger partial charge in [0.15, 0.2) is 0 Å². The van der Waals surface area contributed by atoms with Crippen molar-refractivity contribution in [3.8, 4) is 56.8 Å². The largest absolute Gasteiger partial charge is 0.497 e. The highest BCUT2D eigenvalue weighted by Gasteiger charge is 2.36. The molecule has 0 bridgehead atoms. The molecule has 0 spiro atoms. The molecule has 3 amide bonds. The molecule has 514 valence electrons. The molecule has 0 unspecified atom stereocenters. The number of pyridine rings is 6. The molecule has 3 N–H and O–H groups in total. The zero-order valence-electron chi connectivity index (χ0n) is 53.8. The maximum Gasteiger partial charge on any atom is 0.257 e. The second kappa shape index (κ2) is 30.9. The lowest BCUT2D eigenvalue weighted by molar-refractivity contribution is 0.0757. The summed E-state index contributed by atoms with van der Waals surface area (Å²) in [6.45, 7) is 0.952. The minimum atomic E-state index is -0.762. The Kier molecular flexibility index (Phi) is 21.5. The third-order valence-electron chi connectivity index (χ3n) is 16.2. The molecule has 0 fully saturated rings. The van der Waals surface area contributed by atoms with Gasteiger partial charge in [-0.15, -0.1) is 0 Å². The second-order valence-electron chi connectivity index (χ2n) is 22.6. The maximum atomic E-state index is 14.6. The molecule has 14 rings (SSSR count). The minimum absolute atomic E-state index is 0.0472. The first-order chi connectivity index (χ1) is 48.6. The third kappa shape index (κ3) is 15.8. The van der Waals surface area contributed by atoms with Gasteiger partial charge in [0.05, 0.1) is 152 Å². The summed E-state index contributed by atoms with van der Waals surface area (Å²) in [5.74, 6) is -3.98. The van der Waals surface area contributed by atoms with Gasteiger partial charge in [0.25, 0.3) is 17.7 Å². The summed E-state index contributed by atoms with van der Waals surface area (Å²) >= 11 is 6.32. The number of hydrogen-bond acceptors (Lipinski definition) is 14. The smallest absolute Gasteiger partial charge is 0.257 e. The Labute approximate surface area is 576 Å². The fraction of sp³-hybridized carbons (Fsp3) is 0.149. The van der Waals surface area contributed by atoms with Crippen LogP contribution < -0.4 is 30.0 Å². The van der Waals surface area contributed by atoms with Crippen LogP contribution in [0, 0.1) is 52.4 Å². The predicted octanol–water partition coefficient (Wildman–Crippen LogP) is 14.4. The van der Waals surface area contributed by atoms with Crippen LogP contribution >= 0.6 is 11.6 Å². The molecule has 3 aliphatic rings. The number of benzene rings is 5. The number of aromatic nitrogens is 6. The number of fused-ring (bicyclic) bond motifs is 3. The fourth-order valence-electron chi connectivity index (χ4n) is 11.4. The summed E-state index contributed by atoms with van der Waals surface area (Å²) in [6, 6.07) is 33.9. The summed E-state index contributed by atoms with van der Waals surface area (Å²) in [4.78, 5) is 66.4. The molecular formula is C74H56ClF9N10O7. The van der Waals surface area contributed by atoms with Crippen molar-refractivity contribution in [1.29, 1.82) is 0 Å². The second-order valence-corrected chi connectivity index (χ2v) is 23.0. The summed E-state index contributed by atoms with van der Waals surface area (Å²) in [6.07, 6.45) is 3.60. The number of methoxy groups -OCH3 is 4. The molecular weight excluding hydrogens is 1350 g/mol. The fourth-order valence-corrected chi connectivity index (χ4v) is 11.7. The summed E-state index contributed by atoms with van der Waals surface area (Å²) < 4.78 is 146. The average molecular weight is 1400 g/mol. The number of carbonyl (C=O) groups excluding carboxylic acids is 3. The van der Waals surface area contributed by atoms with Crippen LogP contribution in [0.2, 0.25) is 5.02 Å². The highest BCUT2D eigenvalue weighted by atomic mass is 35.5. The van der Waals surface area contributed by atoms with Gasteiger partial charge in [-0.05, 0) is 126 Å². The van der Waals surface area contributed by atoms with Gasteiger partial charge in [-0.1, -0.05) is 29.8 Å². The van der Waals surface area contributed by atoms with Crippen molar-refractivity contribution >= 4 is 35.1 Å². The number of ether oxygens (including phenoxy) is 4. The molecule has 17 nitrogen and oxygen atoms in total. The Morgan fingerprint density at radius 1 is 0.436 bits per heavy atom. The quantitative estimate of drug-likeness (QED) is 0.0915. The Hall–Kier alpha value is -11.9. The highest BCUT2D eigenvalue weighted by Crippen LogP contribution is 2.39. The SMILES string of the molecule is COc1ccc(CN2Cc3nc(-c4c(F)cccc4F)cc(Cc4ccc(F)cn4)c3C2=O)c(OC)c1.COc1ccc(CN2Cc3nc(-c4c(F)cccc4F)cc(Cl)c3C2=O)c(OC)c1.Nc1ccc(F)cn1.O=C1NCc2nc(-c3c(F)cccc3F)cc(Cc3ccc(F)cn3)c21. The first-order valence-corrected chi connectivity index (χ1v) is 30.9. The van der Waals surface area contributed by atoms with E-state index in [4.69, 9.17) is 36.3 Å². The molecule has 0 radical (unpaired) electrons. The number of anilines is 1. The predicted molar refractivity (Wildman–Crippen MR) is 354 cm³/mol. The Balaban J connectivity index is 0.000000146. The van der Waals surface area contributed by atoms with Crippen molar-refractivity contribution in [2.24, 2.45) is 0 Å². The standard InChI is InChI=1S/C28H22F3N3O3.C22H17ClF2N2O3.C19H12F3N3O.C5H5FN2/c1-36-20-9-6-16(25(12-20)37-2)14-34-15-24-26(28(34)35)17(10-19-8-7-18(29)13-32-19)11-23(33-24)27-21(30)4-3-5-22(27)31;1-29-13-7-6-12(19(8-13)30-2)10-27-11-18-20(22(27)28)14(23)9-17(26-18)21-15(24)4-3-5-16(21)25;20-11-4-5-12(23-8-11)6-10-7-15(18-13(21)2-1-3-14(18)22)25-16-9-24-19(26)17(10)16;6-4-1-2-5(7)8-3-4/h3-9,11-13H,10,14-15H2,1-2H3;3-9H,10-11H2,1-2H3;1-5,7-8H,6,9H2,(H,24,26);1-3H,(H2,7,8). The summed E-state index contributed by atoms with van der Waals surface area (Å²) in [5, 5.41) is 2.76. The lowest BCUT2D eigenvalue weighted by Gasteiger charge is -2.18. The minimum Gasteiger partial charge on any atom is -0.497 e. The normalized spacial score (nSPS) is 12.4. The molecule has 5 aromatic carbocycles. The van der Waals surface area contributed by atoms with E-state index in [9.17, 15) is 53.9 Å². The van der Waals surface area contributed by atoms with E-state index in [-0.39, 0.29) is 113 Å². The molecule has 6 aromatic heterocycles. The van der Waals surface area contributed by atoms with E-state index in [0.717, 1.165) is 66.1 Å².